The smallest absolute Gasteiger partial charge is 0.174 e. The van der Waals surface area contributed by atoms with Crippen LogP contribution in [0.2, 0.25) is 0 Å². The van der Waals surface area contributed by atoms with Crippen LogP contribution in [0.4, 0.5) is 0 Å². The minimum absolute atomic E-state index is 0.141. The Morgan fingerprint density at radius 2 is 1.15 bits per heavy atom. The molecule has 0 amide bonds. The fraction of sp³-hybridized carbons (Fsp3) is 0.120. The molecular weight excluding hydrogens is 332 g/mol. The molecule has 0 spiro atoms. The Balaban J connectivity index is 1.99. The summed E-state index contributed by atoms with van der Waals surface area (Å²) >= 11 is 0. The van der Waals surface area contributed by atoms with Crippen LogP contribution < -0.4 is 0 Å². The Morgan fingerprint density at radius 3 is 1.63 bits per heavy atom. The summed E-state index contributed by atoms with van der Waals surface area (Å²) in [5, 5.41) is 0. The number of ketones is 2. The number of carbonyl (C=O) groups is 2. The van der Waals surface area contributed by atoms with Crippen LogP contribution in [0.3, 0.4) is 0 Å². The molecule has 0 aliphatic heterocycles. The van der Waals surface area contributed by atoms with E-state index in [1.807, 2.05) is 66.7 Å². The second kappa shape index (κ2) is 8.91. The monoisotopic (exact) mass is 354 g/mol. The molecule has 27 heavy (non-hydrogen) atoms. The van der Waals surface area contributed by atoms with Gasteiger partial charge in [-0.15, -0.1) is 6.58 Å². The van der Waals surface area contributed by atoms with Gasteiger partial charge in [-0.05, 0) is 24.0 Å². The Hall–Kier alpha value is -3.26. The number of benzene rings is 3. The highest BCUT2D eigenvalue weighted by Crippen LogP contribution is 2.22. The van der Waals surface area contributed by atoms with Gasteiger partial charge in [0.2, 0.25) is 0 Å². The van der Waals surface area contributed by atoms with Crippen LogP contribution in [-0.2, 0) is 12.8 Å². The van der Waals surface area contributed by atoms with Crippen molar-refractivity contribution in [2.75, 3.05) is 0 Å². The molecule has 0 saturated heterocycles. The molecule has 0 heterocycles. The summed E-state index contributed by atoms with van der Waals surface area (Å²) in [5.41, 5.74) is 3.23. The molecule has 3 aromatic carbocycles. The first-order valence-corrected chi connectivity index (χ1v) is 9.07. The van der Waals surface area contributed by atoms with Gasteiger partial charge in [0.15, 0.2) is 11.6 Å². The van der Waals surface area contributed by atoms with E-state index in [9.17, 15) is 9.59 Å². The van der Waals surface area contributed by atoms with Crippen molar-refractivity contribution in [3.8, 4) is 0 Å². The van der Waals surface area contributed by atoms with E-state index in [1.54, 1.807) is 24.3 Å². The lowest BCUT2D eigenvalue weighted by Crippen LogP contribution is -2.27. The summed E-state index contributed by atoms with van der Waals surface area (Å²) in [5.74, 6) is -1.03. The summed E-state index contributed by atoms with van der Waals surface area (Å²) in [6.45, 7) is 3.81. The van der Waals surface area contributed by atoms with Gasteiger partial charge in [-0.1, -0.05) is 91.0 Å². The maximum absolute atomic E-state index is 13.2. The minimum atomic E-state index is -0.749. The van der Waals surface area contributed by atoms with Gasteiger partial charge in [0.05, 0.1) is 5.92 Å². The van der Waals surface area contributed by atoms with Crippen LogP contribution >= 0.6 is 0 Å². The molecule has 0 aromatic heterocycles. The Kier molecular flexibility index (Phi) is 6.11. The molecule has 0 radical (unpaired) electrons. The second-order valence-corrected chi connectivity index (χ2v) is 6.48. The van der Waals surface area contributed by atoms with E-state index in [4.69, 9.17) is 0 Å². The Labute approximate surface area is 160 Å². The van der Waals surface area contributed by atoms with Crippen LogP contribution in [0.15, 0.2) is 97.6 Å². The van der Waals surface area contributed by atoms with Crippen molar-refractivity contribution in [1.82, 2.24) is 0 Å². The van der Waals surface area contributed by atoms with Crippen LogP contribution in [0.25, 0.3) is 0 Å². The maximum Gasteiger partial charge on any atom is 0.174 e. The highest BCUT2D eigenvalue weighted by Gasteiger charge is 2.29. The fourth-order valence-corrected chi connectivity index (χ4v) is 3.24. The van der Waals surface area contributed by atoms with Gasteiger partial charge in [0, 0.05) is 11.1 Å². The highest BCUT2D eigenvalue weighted by atomic mass is 16.2. The van der Waals surface area contributed by atoms with Crippen molar-refractivity contribution < 1.29 is 9.59 Å². The van der Waals surface area contributed by atoms with Crippen LogP contribution in [-0.4, -0.2) is 11.6 Å². The van der Waals surface area contributed by atoms with E-state index in [1.165, 1.54) is 0 Å². The van der Waals surface area contributed by atoms with Gasteiger partial charge in [-0.25, -0.2) is 0 Å². The molecular formula is C25H22O2. The van der Waals surface area contributed by atoms with Crippen molar-refractivity contribution >= 4 is 11.6 Å². The fourth-order valence-electron chi connectivity index (χ4n) is 3.24. The first kappa shape index (κ1) is 18.5. The Bertz CT molecular complexity index is 875. The summed E-state index contributed by atoms with van der Waals surface area (Å²) in [6.07, 6.45) is 2.93. The van der Waals surface area contributed by atoms with Crippen LogP contribution in [0.1, 0.15) is 31.8 Å². The number of hydrogen-bond donors (Lipinski definition) is 0. The molecule has 0 bridgehead atoms. The number of hydrogen-bond acceptors (Lipinski definition) is 2. The lowest BCUT2D eigenvalue weighted by atomic mass is 9.84. The maximum atomic E-state index is 13.2. The molecule has 2 nitrogen and oxygen atoms in total. The van der Waals surface area contributed by atoms with Crippen molar-refractivity contribution in [2.24, 2.45) is 5.92 Å². The van der Waals surface area contributed by atoms with Crippen molar-refractivity contribution in [1.29, 1.82) is 0 Å². The lowest BCUT2D eigenvalue weighted by Gasteiger charge is -2.17. The summed E-state index contributed by atoms with van der Waals surface area (Å²) in [4.78, 5) is 26.4. The first-order chi connectivity index (χ1) is 13.2. The first-order valence-electron chi connectivity index (χ1n) is 9.07. The van der Waals surface area contributed by atoms with E-state index in [2.05, 4.69) is 6.58 Å². The standard InChI is InChI=1S/C25H22O2/c1-2-11-19-12-9-10-17-22(19)18-23(24(26)20-13-5-3-6-14-20)25(27)21-15-7-4-8-16-21/h2-10,12-17,23H,1,11,18H2. The molecule has 0 atom stereocenters. The van der Waals surface area contributed by atoms with E-state index in [-0.39, 0.29) is 11.6 Å². The lowest BCUT2D eigenvalue weighted by molar-refractivity contribution is 0.0806. The molecule has 134 valence electrons. The molecule has 3 aromatic rings. The molecule has 0 fully saturated rings. The minimum Gasteiger partial charge on any atom is -0.293 e. The third-order valence-electron chi connectivity index (χ3n) is 4.66. The van der Waals surface area contributed by atoms with E-state index in [0.29, 0.717) is 24.0 Å². The average Bonchev–Trinajstić information content (AvgIpc) is 2.73. The highest BCUT2D eigenvalue weighted by molar-refractivity contribution is 6.16. The molecule has 0 unspecified atom stereocenters. The van der Waals surface area contributed by atoms with Gasteiger partial charge in [-0.3, -0.25) is 9.59 Å². The van der Waals surface area contributed by atoms with Crippen molar-refractivity contribution in [2.45, 2.75) is 12.8 Å². The van der Waals surface area contributed by atoms with Gasteiger partial charge < -0.3 is 0 Å². The predicted octanol–water partition coefficient (Wildman–Crippen LogP) is 5.34. The summed E-state index contributed by atoms with van der Waals surface area (Å²) < 4.78 is 0. The van der Waals surface area contributed by atoms with Gasteiger partial charge in [0.25, 0.3) is 0 Å². The zero-order valence-electron chi connectivity index (χ0n) is 15.2. The quantitative estimate of drug-likeness (QED) is 0.311. The molecule has 0 aliphatic carbocycles. The van der Waals surface area contributed by atoms with Gasteiger partial charge in [-0.2, -0.15) is 0 Å². The number of rotatable bonds is 8. The number of Topliss-reactive ketones (excluding diaryl/α,β-unsaturated/α-hetero) is 2. The topological polar surface area (TPSA) is 34.1 Å². The summed E-state index contributed by atoms with van der Waals surface area (Å²) in [6, 6.07) is 26.0. The largest absolute Gasteiger partial charge is 0.293 e. The Morgan fingerprint density at radius 1 is 0.704 bits per heavy atom. The van der Waals surface area contributed by atoms with E-state index >= 15 is 0 Å². The zero-order chi connectivity index (χ0) is 19.1. The predicted molar refractivity (Wildman–Crippen MR) is 109 cm³/mol. The molecule has 3 rings (SSSR count). The average molecular weight is 354 g/mol. The molecule has 0 aliphatic rings. The second-order valence-electron chi connectivity index (χ2n) is 6.48. The van der Waals surface area contributed by atoms with E-state index in [0.717, 1.165) is 11.1 Å². The zero-order valence-corrected chi connectivity index (χ0v) is 15.2. The van der Waals surface area contributed by atoms with Crippen LogP contribution in [0, 0.1) is 5.92 Å². The van der Waals surface area contributed by atoms with Crippen LogP contribution in [0.5, 0.6) is 0 Å². The normalized spacial score (nSPS) is 10.6. The number of allylic oxidation sites excluding steroid dienone is 1. The molecule has 2 heteroatoms. The third kappa shape index (κ3) is 4.48. The number of carbonyl (C=O) groups excluding carboxylic acids is 2. The third-order valence-corrected chi connectivity index (χ3v) is 4.66. The van der Waals surface area contributed by atoms with Gasteiger partial charge in [0.1, 0.15) is 0 Å². The van der Waals surface area contributed by atoms with Gasteiger partial charge >= 0.3 is 0 Å². The van der Waals surface area contributed by atoms with Crippen molar-refractivity contribution in [3.05, 3.63) is 120 Å². The van der Waals surface area contributed by atoms with E-state index < -0.39 is 5.92 Å². The van der Waals surface area contributed by atoms with Crippen molar-refractivity contribution in [3.63, 3.8) is 0 Å². The summed E-state index contributed by atoms with van der Waals surface area (Å²) in [7, 11) is 0. The molecule has 0 N–H and O–H groups in total. The SMILES string of the molecule is C=CCc1ccccc1CC(C(=O)c1ccccc1)C(=O)c1ccccc1. The molecule has 0 saturated carbocycles.